The fraction of sp³-hybridized carbons (Fsp3) is 0.800. The van der Waals surface area contributed by atoms with Crippen molar-refractivity contribution in [1.29, 1.82) is 0 Å². The van der Waals surface area contributed by atoms with Gasteiger partial charge in [-0.3, -0.25) is 0 Å². The maximum absolute atomic E-state index is 4.87. The van der Waals surface area contributed by atoms with Crippen LogP contribution in [0.5, 0.6) is 0 Å². The Morgan fingerprint density at radius 1 is 1.83 bits per heavy atom. The average Bonchev–Trinajstić information content (AvgIpc) is 2.21. The molecule has 1 rings (SSSR count). The molecule has 0 saturated carbocycles. The third kappa shape index (κ3) is 0.977. The van der Waals surface area contributed by atoms with Crippen molar-refractivity contribution in [1.82, 2.24) is 0 Å². The summed E-state index contributed by atoms with van der Waals surface area (Å²) in [6, 6.07) is 0. The molecule has 0 aromatic heterocycles. The van der Waals surface area contributed by atoms with Crippen LogP contribution in [0.2, 0.25) is 0 Å². The Morgan fingerprint density at radius 2 is 2.50 bits per heavy atom. The summed E-state index contributed by atoms with van der Waals surface area (Å²) in [4.78, 5) is 0. The lowest BCUT2D eigenvalue weighted by Gasteiger charge is -1.78. The molecule has 1 radical (unpaired) electrons. The standard InChI is InChI=1S/C5H9O/c1-2-3-5-4-6-5/h2-4H2,1H3. The number of ether oxygens (including phenoxy) is 1. The number of hydrogen-bond acceptors (Lipinski definition) is 1. The first-order valence-electron chi connectivity index (χ1n) is 2.41. The van der Waals surface area contributed by atoms with Gasteiger partial charge in [0.1, 0.15) is 6.10 Å². The summed E-state index contributed by atoms with van der Waals surface area (Å²) in [5, 5.41) is 0. The van der Waals surface area contributed by atoms with E-state index in [0.29, 0.717) is 0 Å². The van der Waals surface area contributed by atoms with Crippen LogP contribution >= 0.6 is 0 Å². The molecule has 1 aliphatic heterocycles. The second kappa shape index (κ2) is 1.61. The van der Waals surface area contributed by atoms with Crippen LogP contribution in [0.25, 0.3) is 0 Å². The lowest BCUT2D eigenvalue weighted by Crippen LogP contribution is -1.68. The van der Waals surface area contributed by atoms with Crippen LogP contribution < -0.4 is 0 Å². The Balaban J connectivity index is 1.88. The Bertz CT molecular complexity index is 39.2. The van der Waals surface area contributed by atoms with Crippen LogP contribution in [0.3, 0.4) is 0 Å². The van der Waals surface area contributed by atoms with E-state index in [9.17, 15) is 0 Å². The van der Waals surface area contributed by atoms with E-state index in [2.05, 4.69) is 6.92 Å². The van der Waals surface area contributed by atoms with Gasteiger partial charge < -0.3 is 4.74 Å². The smallest absolute Gasteiger partial charge is 0.123 e. The normalized spacial score (nSPS) is 21.5. The third-order valence-electron chi connectivity index (χ3n) is 0.877. The maximum Gasteiger partial charge on any atom is 0.123 e. The van der Waals surface area contributed by atoms with Crippen molar-refractivity contribution >= 4 is 0 Å². The van der Waals surface area contributed by atoms with Gasteiger partial charge in [0.15, 0.2) is 0 Å². The van der Waals surface area contributed by atoms with Crippen molar-refractivity contribution in [3.63, 3.8) is 0 Å². The van der Waals surface area contributed by atoms with Crippen LogP contribution in [-0.4, -0.2) is 6.61 Å². The van der Waals surface area contributed by atoms with Crippen LogP contribution in [0, 0.1) is 6.10 Å². The SMILES string of the molecule is CCC[C]1CO1. The largest absolute Gasteiger partial charge is 0.366 e. The van der Waals surface area contributed by atoms with Crippen LogP contribution in [-0.2, 0) is 4.74 Å². The minimum atomic E-state index is 0.938. The van der Waals surface area contributed by atoms with Crippen molar-refractivity contribution in [2.45, 2.75) is 19.8 Å². The first-order valence-corrected chi connectivity index (χ1v) is 2.41. The predicted octanol–water partition coefficient (Wildman–Crippen LogP) is 1.35. The summed E-state index contributed by atoms with van der Waals surface area (Å²) in [6.07, 6.45) is 3.70. The Labute approximate surface area is 38.3 Å². The molecule has 1 nitrogen and oxygen atoms in total. The van der Waals surface area contributed by atoms with Gasteiger partial charge in [0.25, 0.3) is 0 Å². The molecule has 0 aromatic rings. The van der Waals surface area contributed by atoms with Crippen molar-refractivity contribution in [3.05, 3.63) is 6.10 Å². The molecular formula is C5H9O. The van der Waals surface area contributed by atoms with Gasteiger partial charge in [-0.05, 0) is 6.42 Å². The minimum Gasteiger partial charge on any atom is -0.366 e. The average molecular weight is 85.1 g/mol. The fourth-order valence-corrected chi connectivity index (χ4v) is 0.474. The highest BCUT2D eigenvalue weighted by Crippen LogP contribution is 2.23. The Hall–Kier alpha value is -0.0400. The maximum atomic E-state index is 4.87. The highest BCUT2D eigenvalue weighted by molar-refractivity contribution is 4.89. The van der Waals surface area contributed by atoms with E-state index in [1.54, 1.807) is 0 Å². The highest BCUT2D eigenvalue weighted by Gasteiger charge is 2.21. The second-order valence-corrected chi connectivity index (χ2v) is 1.58. The van der Waals surface area contributed by atoms with Gasteiger partial charge in [0, 0.05) is 0 Å². The van der Waals surface area contributed by atoms with E-state index in [-0.39, 0.29) is 0 Å². The summed E-state index contributed by atoms with van der Waals surface area (Å²) in [6.45, 7) is 3.10. The van der Waals surface area contributed by atoms with E-state index < -0.39 is 0 Å². The zero-order chi connectivity index (χ0) is 4.41. The van der Waals surface area contributed by atoms with Gasteiger partial charge in [-0.25, -0.2) is 0 Å². The molecule has 0 N–H and O–H groups in total. The Morgan fingerprint density at radius 3 is 2.67 bits per heavy atom. The summed E-state index contributed by atoms with van der Waals surface area (Å²) in [7, 11) is 0. The summed E-state index contributed by atoms with van der Waals surface area (Å²) >= 11 is 0. The van der Waals surface area contributed by atoms with E-state index >= 15 is 0 Å². The topological polar surface area (TPSA) is 12.5 Å². The molecule has 1 heterocycles. The number of rotatable bonds is 2. The molecule has 0 atom stereocenters. The molecule has 0 spiro atoms. The molecule has 6 heavy (non-hydrogen) atoms. The van der Waals surface area contributed by atoms with Gasteiger partial charge in [0.2, 0.25) is 0 Å². The lowest BCUT2D eigenvalue weighted by molar-refractivity contribution is 0.456. The summed E-state index contributed by atoms with van der Waals surface area (Å²) < 4.78 is 4.87. The van der Waals surface area contributed by atoms with Gasteiger partial charge in [0.05, 0.1) is 6.61 Å². The molecule has 1 fully saturated rings. The fourth-order valence-electron chi connectivity index (χ4n) is 0.474. The molecular weight excluding hydrogens is 76.1 g/mol. The first kappa shape index (κ1) is 4.13. The first-order chi connectivity index (χ1) is 2.93. The predicted molar refractivity (Wildman–Crippen MR) is 24.1 cm³/mol. The lowest BCUT2D eigenvalue weighted by atomic mass is 10.3. The van der Waals surface area contributed by atoms with E-state index in [1.165, 1.54) is 18.9 Å². The van der Waals surface area contributed by atoms with Crippen molar-refractivity contribution in [3.8, 4) is 0 Å². The third-order valence-corrected chi connectivity index (χ3v) is 0.877. The summed E-state index contributed by atoms with van der Waals surface area (Å²) in [5.74, 6) is 0. The monoisotopic (exact) mass is 85.1 g/mol. The summed E-state index contributed by atoms with van der Waals surface area (Å²) in [5.41, 5.74) is 0. The molecule has 1 saturated heterocycles. The molecule has 1 heteroatoms. The molecule has 0 amide bonds. The Kier molecular flexibility index (Phi) is 1.10. The molecule has 0 aliphatic carbocycles. The van der Waals surface area contributed by atoms with Crippen LogP contribution in [0.1, 0.15) is 19.8 Å². The van der Waals surface area contributed by atoms with Gasteiger partial charge >= 0.3 is 0 Å². The zero-order valence-corrected chi connectivity index (χ0v) is 4.03. The van der Waals surface area contributed by atoms with Gasteiger partial charge in [-0.1, -0.05) is 13.3 Å². The number of epoxide rings is 1. The van der Waals surface area contributed by atoms with Gasteiger partial charge in [-0.15, -0.1) is 0 Å². The van der Waals surface area contributed by atoms with Crippen molar-refractivity contribution in [2.75, 3.05) is 6.61 Å². The van der Waals surface area contributed by atoms with E-state index in [4.69, 9.17) is 4.74 Å². The molecule has 0 unspecified atom stereocenters. The highest BCUT2D eigenvalue weighted by atomic mass is 16.6. The van der Waals surface area contributed by atoms with Gasteiger partial charge in [-0.2, -0.15) is 0 Å². The van der Waals surface area contributed by atoms with Crippen molar-refractivity contribution < 1.29 is 4.74 Å². The van der Waals surface area contributed by atoms with E-state index in [0.717, 1.165) is 6.61 Å². The minimum absolute atomic E-state index is 0.938. The van der Waals surface area contributed by atoms with Crippen LogP contribution in [0.4, 0.5) is 0 Å². The van der Waals surface area contributed by atoms with E-state index in [1.807, 2.05) is 0 Å². The molecule has 35 valence electrons. The molecule has 0 bridgehead atoms. The zero-order valence-electron chi connectivity index (χ0n) is 4.03. The van der Waals surface area contributed by atoms with Crippen molar-refractivity contribution in [2.24, 2.45) is 0 Å². The molecule has 0 aromatic carbocycles. The molecule has 1 aliphatic rings. The number of hydrogen-bond donors (Lipinski definition) is 0. The van der Waals surface area contributed by atoms with Crippen LogP contribution in [0.15, 0.2) is 0 Å². The quantitative estimate of drug-likeness (QED) is 0.461. The second-order valence-electron chi connectivity index (χ2n) is 1.58.